The molecule has 2 fully saturated rings. The van der Waals surface area contributed by atoms with Gasteiger partial charge >= 0.3 is 0 Å². The minimum absolute atomic E-state index is 0.0244. The molecule has 0 atom stereocenters. The van der Waals surface area contributed by atoms with Crippen molar-refractivity contribution in [3.8, 4) is 0 Å². The van der Waals surface area contributed by atoms with E-state index in [-0.39, 0.29) is 12.1 Å². The molecule has 1 N–H and O–H groups in total. The van der Waals surface area contributed by atoms with Crippen LogP contribution in [0.5, 0.6) is 0 Å². The summed E-state index contributed by atoms with van der Waals surface area (Å²) >= 11 is 0. The fourth-order valence-corrected chi connectivity index (χ4v) is 2.73. The van der Waals surface area contributed by atoms with Crippen LogP contribution in [0, 0.1) is 5.41 Å². The van der Waals surface area contributed by atoms with Gasteiger partial charge < -0.3 is 10.2 Å². The lowest BCUT2D eigenvalue weighted by Gasteiger charge is -2.42. The summed E-state index contributed by atoms with van der Waals surface area (Å²) in [6.45, 7) is 6.46. The second-order valence-corrected chi connectivity index (χ2v) is 5.46. The molecule has 2 saturated heterocycles. The maximum atomic E-state index is 12.8. The van der Waals surface area contributed by atoms with E-state index in [1.54, 1.807) is 0 Å². The molecule has 0 aromatic heterocycles. The Labute approximate surface area is 92.2 Å². The summed E-state index contributed by atoms with van der Waals surface area (Å²) in [6, 6.07) is 0.760. The van der Waals surface area contributed by atoms with Crippen molar-refractivity contribution < 1.29 is 4.39 Å². The van der Waals surface area contributed by atoms with E-state index in [0.717, 1.165) is 45.1 Å². The number of rotatable bonds is 2. The van der Waals surface area contributed by atoms with E-state index in [2.05, 4.69) is 17.1 Å². The van der Waals surface area contributed by atoms with Gasteiger partial charge in [-0.15, -0.1) is 0 Å². The lowest BCUT2D eigenvalue weighted by atomic mass is 9.81. The van der Waals surface area contributed by atoms with Crippen LogP contribution in [-0.4, -0.2) is 43.8 Å². The first-order valence-electron chi connectivity index (χ1n) is 6.24. The van der Waals surface area contributed by atoms with Crippen LogP contribution in [0.4, 0.5) is 4.39 Å². The number of piperidine rings is 2. The molecule has 2 aliphatic heterocycles. The molecule has 2 aliphatic rings. The molecule has 0 unspecified atom stereocenters. The highest BCUT2D eigenvalue weighted by atomic mass is 19.1. The molecule has 0 aliphatic carbocycles. The molecule has 0 saturated carbocycles. The van der Waals surface area contributed by atoms with Crippen molar-refractivity contribution in [1.82, 2.24) is 10.2 Å². The Kier molecular flexibility index (Phi) is 3.62. The molecule has 0 aromatic carbocycles. The van der Waals surface area contributed by atoms with E-state index >= 15 is 0 Å². The summed E-state index contributed by atoms with van der Waals surface area (Å²) in [6.07, 6.45) is 4.61. The zero-order valence-electron chi connectivity index (χ0n) is 9.77. The van der Waals surface area contributed by atoms with E-state index in [1.165, 1.54) is 12.8 Å². The molecule has 2 heterocycles. The van der Waals surface area contributed by atoms with E-state index in [4.69, 9.17) is 0 Å². The van der Waals surface area contributed by atoms with Gasteiger partial charge in [0.05, 0.1) is 6.67 Å². The Bertz CT molecular complexity index is 194. The minimum Gasteiger partial charge on any atom is -0.317 e. The fraction of sp³-hybridized carbons (Fsp3) is 1.00. The molecule has 88 valence electrons. The fourth-order valence-electron chi connectivity index (χ4n) is 2.73. The van der Waals surface area contributed by atoms with Gasteiger partial charge in [-0.2, -0.15) is 0 Å². The van der Waals surface area contributed by atoms with Gasteiger partial charge in [0.25, 0.3) is 0 Å². The summed E-state index contributed by atoms with van der Waals surface area (Å²) in [7, 11) is 0. The van der Waals surface area contributed by atoms with E-state index < -0.39 is 0 Å². The van der Waals surface area contributed by atoms with Crippen molar-refractivity contribution >= 4 is 0 Å². The van der Waals surface area contributed by atoms with Crippen LogP contribution in [0.15, 0.2) is 0 Å². The predicted molar refractivity (Wildman–Crippen MR) is 60.8 cm³/mol. The lowest BCUT2D eigenvalue weighted by Crippen LogP contribution is -2.48. The third kappa shape index (κ3) is 2.70. The van der Waals surface area contributed by atoms with Crippen molar-refractivity contribution in [3.05, 3.63) is 0 Å². The predicted octanol–water partition coefficient (Wildman–Crippen LogP) is 1.81. The van der Waals surface area contributed by atoms with Gasteiger partial charge in [0.15, 0.2) is 0 Å². The second kappa shape index (κ2) is 4.79. The van der Waals surface area contributed by atoms with Crippen LogP contribution in [-0.2, 0) is 0 Å². The monoisotopic (exact) mass is 214 g/mol. The third-order valence-corrected chi connectivity index (χ3v) is 4.15. The Morgan fingerprint density at radius 2 is 1.87 bits per heavy atom. The molecule has 3 heteroatoms. The number of hydrogen-bond donors (Lipinski definition) is 1. The van der Waals surface area contributed by atoms with Gasteiger partial charge in [-0.05, 0) is 57.3 Å². The Morgan fingerprint density at radius 3 is 2.40 bits per heavy atom. The Morgan fingerprint density at radius 1 is 1.27 bits per heavy atom. The van der Waals surface area contributed by atoms with Gasteiger partial charge in [-0.1, -0.05) is 6.92 Å². The maximum Gasteiger partial charge on any atom is 0.0948 e. The molecule has 15 heavy (non-hydrogen) atoms. The number of nitrogens with one attached hydrogen (secondary N) is 1. The van der Waals surface area contributed by atoms with Gasteiger partial charge in [-0.25, -0.2) is 0 Å². The van der Waals surface area contributed by atoms with Crippen LogP contribution in [0.2, 0.25) is 0 Å². The number of hydrogen-bond acceptors (Lipinski definition) is 2. The molecule has 0 spiro atoms. The highest BCUT2D eigenvalue weighted by Crippen LogP contribution is 2.32. The van der Waals surface area contributed by atoms with Crippen molar-refractivity contribution in [2.75, 3.05) is 32.9 Å². The summed E-state index contributed by atoms with van der Waals surface area (Å²) in [5, 5.41) is 3.39. The number of halogens is 1. The lowest BCUT2D eigenvalue weighted by molar-refractivity contribution is 0.0556. The van der Waals surface area contributed by atoms with Gasteiger partial charge in [0, 0.05) is 6.04 Å². The van der Waals surface area contributed by atoms with Gasteiger partial charge in [0.2, 0.25) is 0 Å². The molecule has 0 amide bonds. The molecule has 0 bridgehead atoms. The first kappa shape index (κ1) is 11.3. The van der Waals surface area contributed by atoms with Crippen molar-refractivity contribution in [2.24, 2.45) is 5.41 Å². The SMILES string of the molecule is CC1(CF)CCN(C2CCNCC2)CC1. The van der Waals surface area contributed by atoms with Crippen LogP contribution in [0.3, 0.4) is 0 Å². The van der Waals surface area contributed by atoms with Crippen LogP contribution < -0.4 is 5.32 Å². The molecule has 0 radical (unpaired) electrons. The normalized spacial score (nSPS) is 29.2. The van der Waals surface area contributed by atoms with Gasteiger partial charge in [-0.3, -0.25) is 4.39 Å². The number of likely N-dealkylation sites (tertiary alicyclic amines) is 1. The second-order valence-electron chi connectivity index (χ2n) is 5.46. The van der Waals surface area contributed by atoms with Crippen LogP contribution in [0.1, 0.15) is 32.6 Å². The zero-order chi connectivity index (χ0) is 10.7. The largest absolute Gasteiger partial charge is 0.317 e. The summed E-state index contributed by atoms with van der Waals surface area (Å²) < 4.78 is 12.8. The molecule has 0 aromatic rings. The quantitative estimate of drug-likeness (QED) is 0.754. The maximum absolute atomic E-state index is 12.8. The minimum atomic E-state index is -0.146. The van der Waals surface area contributed by atoms with Crippen molar-refractivity contribution in [3.63, 3.8) is 0 Å². The van der Waals surface area contributed by atoms with Crippen LogP contribution >= 0.6 is 0 Å². The summed E-state index contributed by atoms with van der Waals surface area (Å²) in [5.41, 5.74) is -0.0244. The topological polar surface area (TPSA) is 15.3 Å². The number of nitrogens with zero attached hydrogens (tertiary/aromatic N) is 1. The standard InChI is InChI=1S/C12H23FN2/c1-12(10-13)4-8-15(9-5-12)11-2-6-14-7-3-11/h11,14H,2-10H2,1H3. The van der Waals surface area contributed by atoms with E-state index in [0.29, 0.717) is 0 Å². The summed E-state index contributed by atoms with van der Waals surface area (Å²) in [5.74, 6) is 0. The highest BCUT2D eigenvalue weighted by Gasteiger charge is 2.32. The van der Waals surface area contributed by atoms with Crippen LogP contribution in [0.25, 0.3) is 0 Å². The summed E-state index contributed by atoms with van der Waals surface area (Å²) in [4.78, 5) is 2.58. The smallest absolute Gasteiger partial charge is 0.0948 e. The van der Waals surface area contributed by atoms with E-state index in [9.17, 15) is 4.39 Å². The highest BCUT2D eigenvalue weighted by molar-refractivity contribution is 4.86. The molecule has 2 nitrogen and oxygen atoms in total. The molecular formula is C12H23FN2. The van der Waals surface area contributed by atoms with Crippen molar-refractivity contribution in [2.45, 2.75) is 38.6 Å². The van der Waals surface area contributed by atoms with Crippen molar-refractivity contribution in [1.29, 1.82) is 0 Å². The Balaban J connectivity index is 1.82. The first-order valence-corrected chi connectivity index (χ1v) is 6.24. The molecule has 2 rings (SSSR count). The zero-order valence-corrected chi connectivity index (χ0v) is 9.77. The van der Waals surface area contributed by atoms with Gasteiger partial charge in [0.1, 0.15) is 0 Å². The molecular weight excluding hydrogens is 191 g/mol. The first-order chi connectivity index (χ1) is 7.23. The third-order valence-electron chi connectivity index (χ3n) is 4.15. The Hall–Kier alpha value is -0.150. The number of alkyl halides is 1. The average molecular weight is 214 g/mol. The van der Waals surface area contributed by atoms with E-state index in [1.807, 2.05) is 0 Å². The average Bonchev–Trinajstić information content (AvgIpc) is 2.31.